The third kappa shape index (κ3) is 1.75. The Labute approximate surface area is 106 Å². The third-order valence-corrected chi connectivity index (χ3v) is 3.43. The van der Waals surface area contributed by atoms with Gasteiger partial charge in [-0.05, 0) is 32.6 Å². The highest BCUT2D eigenvalue weighted by atomic mass is 15.2. The van der Waals surface area contributed by atoms with Crippen molar-refractivity contribution >= 4 is 5.95 Å². The molecule has 1 N–H and O–H groups in total. The van der Waals surface area contributed by atoms with E-state index >= 15 is 0 Å². The van der Waals surface area contributed by atoms with Crippen molar-refractivity contribution in [3.8, 4) is 5.82 Å². The summed E-state index contributed by atoms with van der Waals surface area (Å²) in [5.41, 5.74) is 3.61. The van der Waals surface area contributed by atoms with Crippen LogP contribution in [0.15, 0.2) is 12.5 Å². The summed E-state index contributed by atoms with van der Waals surface area (Å²) in [4.78, 5) is 13.3. The van der Waals surface area contributed by atoms with Crippen LogP contribution in [0.5, 0.6) is 0 Å². The Balaban J connectivity index is 2.11. The summed E-state index contributed by atoms with van der Waals surface area (Å²) >= 11 is 0. The van der Waals surface area contributed by atoms with E-state index in [1.807, 2.05) is 26.5 Å². The topological polar surface area (TPSA) is 55.6 Å². The average molecular weight is 243 g/mol. The summed E-state index contributed by atoms with van der Waals surface area (Å²) in [5.74, 6) is 1.58. The molecular formula is C13H17N5. The number of nitrogens with zero attached hydrogens (tertiary/aromatic N) is 4. The number of hydrogen-bond acceptors (Lipinski definition) is 4. The van der Waals surface area contributed by atoms with Gasteiger partial charge in [0.15, 0.2) is 0 Å². The maximum atomic E-state index is 4.54. The Bertz CT molecular complexity index is 573. The fraction of sp³-hybridized carbons (Fsp3) is 0.462. The molecule has 5 nitrogen and oxygen atoms in total. The van der Waals surface area contributed by atoms with E-state index in [1.165, 1.54) is 24.2 Å². The van der Waals surface area contributed by atoms with Crippen LogP contribution in [0.25, 0.3) is 5.82 Å². The van der Waals surface area contributed by atoms with Gasteiger partial charge in [-0.25, -0.2) is 9.97 Å². The lowest BCUT2D eigenvalue weighted by molar-refractivity contribution is 0.653. The van der Waals surface area contributed by atoms with Gasteiger partial charge in [-0.2, -0.15) is 4.98 Å². The first-order chi connectivity index (χ1) is 8.79. The molecule has 3 rings (SSSR count). The highest BCUT2D eigenvalue weighted by Gasteiger charge is 2.18. The maximum Gasteiger partial charge on any atom is 0.224 e. The van der Waals surface area contributed by atoms with Gasteiger partial charge in [-0.1, -0.05) is 0 Å². The summed E-state index contributed by atoms with van der Waals surface area (Å²) in [5, 5.41) is 2.98. The summed E-state index contributed by atoms with van der Waals surface area (Å²) < 4.78 is 2.12. The van der Waals surface area contributed by atoms with E-state index < -0.39 is 0 Å². The monoisotopic (exact) mass is 243 g/mol. The van der Waals surface area contributed by atoms with Crippen molar-refractivity contribution < 1.29 is 0 Å². The minimum atomic E-state index is 0.647. The smallest absolute Gasteiger partial charge is 0.224 e. The summed E-state index contributed by atoms with van der Waals surface area (Å²) in [7, 11) is 1.83. The fourth-order valence-electron chi connectivity index (χ4n) is 2.45. The molecule has 0 fully saturated rings. The van der Waals surface area contributed by atoms with Crippen molar-refractivity contribution in [1.82, 2.24) is 19.5 Å². The zero-order valence-electron chi connectivity index (χ0n) is 10.8. The predicted octanol–water partition coefficient (Wildman–Crippen LogP) is 1.89. The molecule has 2 heterocycles. The Kier molecular flexibility index (Phi) is 2.74. The van der Waals surface area contributed by atoms with E-state index in [0.717, 1.165) is 24.2 Å². The predicted molar refractivity (Wildman–Crippen MR) is 70.1 cm³/mol. The third-order valence-electron chi connectivity index (χ3n) is 3.43. The quantitative estimate of drug-likeness (QED) is 0.875. The molecule has 0 saturated heterocycles. The summed E-state index contributed by atoms with van der Waals surface area (Å²) in [6, 6.07) is 0. The minimum absolute atomic E-state index is 0.647. The minimum Gasteiger partial charge on any atom is -0.357 e. The first-order valence-corrected chi connectivity index (χ1v) is 6.36. The second-order valence-electron chi connectivity index (χ2n) is 4.67. The first-order valence-electron chi connectivity index (χ1n) is 6.36. The highest BCUT2D eigenvalue weighted by molar-refractivity contribution is 5.40. The van der Waals surface area contributed by atoms with Gasteiger partial charge in [0.05, 0.1) is 5.69 Å². The second kappa shape index (κ2) is 4.40. The van der Waals surface area contributed by atoms with Gasteiger partial charge in [0.1, 0.15) is 12.1 Å². The largest absolute Gasteiger partial charge is 0.357 e. The van der Waals surface area contributed by atoms with Crippen LogP contribution in [0, 0.1) is 6.92 Å². The zero-order valence-corrected chi connectivity index (χ0v) is 10.8. The van der Waals surface area contributed by atoms with Gasteiger partial charge in [0.2, 0.25) is 5.95 Å². The average Bonchev–Trinajstić information content (AvgIpc) is 2.83. The van der Waals surface area contributed by atoms with Gasteiger partial charge >= 0.3 is 0 Å². The molecule has 0 radical (unpaired) electrons. The van der Waals surface area contributed by atoms with Gasteiger partial charge < -0.3 is 5.32 Å². The zero-order chi connectivity index (χ0) is 12.5. The van der Waals surface area contributed by atoms with Crippen LogP contribution in [-0.4, -0.2) is 26.6 Å². The number of aromatic nitrogens is 4. The lowest BCUT2D eigenvalue weighted by Crippen LogP contribution is -2.10. The number of nitrogens with one attached hydrogen (secondary N) is 1. The van der Waals surface area contributed by atoms with E-state index in [1.54, 1.807) is 0 Å². The highest BCUT2D eigenvalue weighted by Crippen LogP contribution is 2.23. The molecule has 1 aliphatic rings. The van der Waals surface area contributed by atoms with Crippen LogP contribution < -0.4 is 5.32 Å². The van der Waals surface area contributed by atoms with Crippen molar-refractivity contribution in [3.05, 3.63) is 29.5 Å². The molecule has 0 bridgehead atoms. The molecule has 2 aromatic heterocycles. The van der Waals surface area contributed by atoms with Crippen molar-refractivity contribution in [1.29, 1.82) is 0 Å². The van der Waals surface area contributed by atoms with E-state index in [2.05, 4.69) is 24.8 Å². The first kappa shape index (κ1) is 11.2. The van der Waals surface area contributed by atoms with Crippen LogP contribution >= 0.6 is 0 Å². The Hall–Kier alpha value is -1.91. The maximum absolute atomic E-state index is 4.54. The lowest BCUT2D eigenvalue weighted by Gasteiger charge is -2.15. The standard InChI is InChI=1S/C13H17N5/c1-9-7-15-13(14-2)17-12(9)18-8-16-10-5-3-4-6-11(10)18/h7-8H,3-6H2,1-2H3,(H,14,15,17). The number of fused-ring (bicyclic) bond motifs is 1. The molecule has 0 spiro atoms. The van der Waals surface area contributed by atoms with Gasteiger partial charge in [-0.15, -0.1) is 0 Å². The molecule has 18 heavy (non-hydrogen) atoms. The number of aryl methyl sites for hydroxylation is 2. The molecule has 0 aliphatic heterocycles. The lowest BCUT2D eigenvalue weighted by atomic mass is 10.0. The Morgan fingerprint density at radius 2 is 2.06 bits per heavy atom. The van der Waals surface area contributed by atoms with Crippen LogP contribution in [-0.2, 0) is 12.8 Å². The van der Waals surface area contributed by atoms with Crippen molar-refractivity contribution in [2.45, 2.75) is 32.6 Å². The number of rotatable bonds is 2. The van der Waals surface area contributed by atoms with Crippen LogP contribution in [0.4, 0.5) is 5.95 Å². The second-order valence-corrected chi connectivity index (χ2v) is 4.67. The summed E-state index contributed by atoms with van der Waals surface area (Å²) in [6.45, 7) is 2.03. The fourth-order valence-corrected chi connectivity index (χ4v) is 2.45. The molecule has 0 saturated carbocycles. The Morgan fingerprint density at radius 3 is 2.89 bits per heavy atom. The van der Waals surface area contributed by atoms with E-state index in [-0.39, 0.29) is 0 Å². The van der Waals surface area contributed by atoms with E-state index in [4.69, 9.17) is 0 Å². The molecule has 5 heteroatoms. The SMILES string of the molecule is CNc1ncc(C)c(-n2cnc3c2CCCC3)n1. The van der Waals surface area contributed by atoms with Crippen LogP contribution in [0.2, 0.25) is 0 Å². The normalized spacial score (nSPS) is 14.3. The van der Waals surface area contributed by atoms with Crippen LogP contribution in [0.1, 0.15) is 29.8 Å². The molecule has 1 aliphatic carbocycles. The number of hydrogen-bond donors (Lipinski definition) is 1. The molecular weight excluding hydrogens is 226 g/mol. The summed E-state index contributed by atoms with van der Waals surface area (Å²) in [6.07, 6.45) is 8.41. The van der Waals surface area contributed by atoms with Gasteiger partial charge in [0.25, 0.3) is 0 Å². The van der Waals surface area contributed by atoms with E-state index in [0.29, 0.717) is 5.95 Å². The van der Waals surface area contributed by atoms with Crippen molar-refractivity contribution in [3.63, 3.8) is 0 Å². The molecule has 94 valence electrons. The molecule has 0 amide bonds. The van der Waals surface area contributed by atoms with Gasteiger partial charge in [-0.3, -0.25) is 4.57 Å². The molecule has 0 atom stereocenters. The molecule has 2 aromatic rings. The molecule has 0 aromatic carbocycles. The number of anilines is 1. The van der Waals surface area contributed by atoms with E-state index in [9.17, 15) is 0 Å². The Morgan fingerprint density at radius 1 is 1.22 bits per heavy atom. The molecule has 0 unspecified atom stereocenters. The van der Waals surface area contributed by atoms with Crippen LogP contribution in [0.3, 0.4) is 0 Å². The van der Waals surface area contributed by atoms with Crippen molar-refractivity contribution in [2.24, 2.45) is 0 Å². The number of imidazole rings is 1. The van der Waals surface area contributed by atoms with Gasteiger partial charge in [0, 0.05) is 24.5 Å². The van der Waals surface area contributed by atoms with Crippen molar-refractivity contribution in [2.75, 3.05) is 12.4 Å².